The zero-order chi connectivity index (χ0) is 21.6. The summed E-state index contributed by atoms with van der Waals surface area (Å²) >= 11 is 0. The SMILES string of the molecule is Oc1c(-c2cc(C(F)(F)F)[nH]n2)ccc2oc(-c3ccc(N4CCCCC4)cc3)cc12. The fourth-order valence-electron chi connectivity index (χ4n) is 4.04. The summed E-state index contributed by atoms with van der Waals surface area (Å²) in [5, 5.41) is 16.8. The standard InChI is InChI=1S/C23H20F3N3O2/c24-23(25,26)21-13-18(27-28-21)16-8-9-19-17(22(16)30)12-20(31-19)14-4-6-15(7-5-14)29-10-2-1-3-11-29/h4-9,12-13,30H,1-3,10-11H2,(H,27,28). The van der Waals surface area contributed by atoms with Crippen molar-refractivity contribution in [2.75, 3.05) is 18.0 Å². The third-order valence-corrected chi connectivity index (χ3v) is 5.70. The van der Waals surface area contributed by atoms with E-state index in [-0.39, 0.29) is 17.0 Å². The molecular weight excluding hydrogens is 407 g/mol. The predicted molar refractivity (Wildman–Crippen MR) is 112 cm³/mol. The molecule has 1 saturated heterocycles. The van der Waals surface area contributed by atoms with E-state index in [0.717, 1.165) is 24.7 Å². The van der Waals surface area contributed by atoms with Crippen LogP contribution in [0.5, 0.6) is 5.75 Å². The average Bonchev–Trinajstić information content (AvgIpc) is 3.43. The highest BCUT2D eigenvalue weighted by Gasteiger charge is 2.33. The van der Waals surface area contributed by atoms with Crippen molar-refractivity contribution in [1.82, 2.24) is 10.2 Å². The molecule has 8 heteroatoms. The topological polar surface area (TPSA) is 65.3 Å². The molecule has 0 aliphatic carbocycles. The van der Waals surface area contributed by atoms with Gasteiger partial charge in [0.25, 0.3) is 0 Å². The maximum Gasteiger partial charge on any atom is 0.432 e. The van der Waals surface area contributed by atoms with Crippen LogP contribution in [-0.4, -0.2) is 28.4 Å². The number of aromatic nitrogens is 2. The molecule has 5 rings (SSSR count). The van der Waals surface area contributed by atoms with Crippen molar-refractivity contribution in [3.05, 3.63) is 54.2 Å². The van der Waals surface area contributed by atoms with E-state index in [1.807, 2.05) is 17.2 Å². The highest BCUT2D eigenvalue weighted by Crippen LogP contribution is 2.40. The number of aromatic amines is 1. The highest BCUT2D eigenvalue weighted by atomic mass is 19.4. The molecular formula is C23H20F3N3O2. The molecule has 0 unspecified atom stereocenters. The number of anilines is 1. The van der Waals surface area contributed by atoms with Gasteiger partial charge in [0.15, 0.2) is 0 Å². The molecule has 2 aromatic carbocycles. The maximum absolute atomic E-state index is 12.9. The molecule has 4 aromatic rings. The predicted octanol–water partition coefficient (Wildman–Crippen LogP) is 6.20. The van der Waals surface area contributed by atoms with E-state index in [9.17, 15) is 18.3 Å². The minimum absolute atomic E-state index is 0.0142. The van der Waals surface area contributed by atoms with Crippen molar-refractivity contribution < 1.29 is 22.7 Å². The fourth-order valence-corrected chi connectivity index (χ4v) is 4.04. The van der Waals surface area contributed by atoms with Gasteiger partial charge in [0, 0.05) is 29.9 Å². The molecule has 0 amide bonds. The van der Waals surface area contributed by atoms with Crippen LogP contribution in [0.2, 0.25) is 0 Å². The third-order valence-electron chi connectivity index (χ3n) is 5.70. The van der Waals surface area contributed by atoms with Gasteiger partial charge in [-0.25, -0.2) is 0 Å². The van der Waals surface area contributed by atoms with Crippen LogP contribution in [0.4, 0.5) is 18.9 Å². The summed E-state index contributed by atoms with van der Waals surface area (Å²) in [5.74, 6) is 0.406. The molecule has 0 saturated carbocycles. The van der Waals surface area contributed by atoms with E-state index in [0.29, 0.717) is 16.7 Å². The molecule has 0 radical (unpaired) electrons. The molecule has 3 heterocycles. The number of piperidine rings is 1. The first-order chi connectivity index (χ1) is 14.9. The number of aromatic hydroxyl groups is 1. The van der Waals surface area contributed by atoms with Crippen LogP contribution >= 0.6 is 0 Å². The van der Waals surface area contributed by atoms with Gasteiger partial charge in [0.05, 0.1) is 11.1 Å². The van der Waals surface area contributed by atoms with Crippen molar-refractivity contribution in [3.63, 3.8) is 0 Å². The van der Waals surface area contributed by atoms with Gasteiger partial charge in [0.2, 0.25) is 0 Å². The summed E-state index contributed by atoms with van der Waals surface area (Å²) in [6.07, 6.45) is -0.857. The summed E-state index contributed by atoms with van der Waals surface area (Å²) in [5.41, 5.74) is 1.72. The van der Waals surface area contributed by atoms with Crippen molar-refractivity contribution >= 4 is 16.7 Å². The number of phenolic OH excluding ortho intramolecular Hbond substituents is 1. The largest absolute Gasteiger partial charge is 0.506 e. The van der Waals surface area contributed by atoms with E-state index >= 15 is 0 Å². The van der Waals surface area contributed by atoms with Crippen LogP contribution in [-0.2, 0) is 6.18 Å². The Bertz CT molecular complexity index is 1220. The van der Waals surface area contributed by atoms with Gasteiger partial charge in [-0.05, 0) is 67.8 Å². The van der Waals surface area contributed by atoms with Crippen LogP contribution in [0.15, 0.2) is 52.9 Å². The van der Waals surface area contributed by atoms with Crippen molar-refractivity contribution in [2.24, 2.45) is 0 Å². The molecule has 2 aromatic heterocycles. The zero-order valence-corrected chi connectivity index (χ0v) is 16.5. The van der Waals surface area contributed by atoms with Crippen LogP contribution < -0.4 is 4.90 Å². The highest BCUT2D eigenvalue weighted by molar-refractivity contribution is 5.94. The Hall–Kier alpha value is -3.42. The quantitative estimate of drug-likeness (QED) is 0.408. The molecule has 1 aliphatic rings. The minimum atomic E-state index is -4.53. The van der Waals surface area contributed by atoms with E-state index in [2.05, 4.69) is 22.1 Å². The number of benzene rings is 2. The van der Waals surface area contributed by atoms with Gasteiger partial charge in [-0.1, -0.05) is 0 Å². The van der Waals surface area contributed by atoms with Crippen molar-refractivity contribution in [2.45, 2.75) is 25.4 Å². The molecule has 160 valence electrons. The molecule has 5 nitrogen and oxygen atoms in total. The minimum Gasteiger partial charge on any atom is -0.506 e. The average molecular weight is 427 g/mol. The van der Waals surface area contributed by atoms with Crippen molar-refractivity contribution in [3.8, 4) is 28.3 Å². The molecule has 0 bridgehead atoms. The Morgan fingerprint density at radius 3 is 2.39 bits per heavy atom. The van der Waals surface area contributed by atoms with Gasteiger partial charge in [-0.2, -0.15) is 18.3 Å². The number of nitrogens with zero attached hydrogens (tertiary/aromatic N) is 2. The number of phenols is 1. The molecule has 1 fully saturated rings. The Labute approximate surface area is 176 Å². The fraction of sp³-hybridized carbons (Fsp3) is 0.261. The Morgan fingerprint density at radius 1 is 0.968 bits per heavy atom. The lowest BCUT2D eigenvalue weighted by Crippen LogP contribution is -2.29. The molecule has 0 spiro atoms. The van der Waals surface area contributed by atoms with Gasteiger partial charge >= 0.3 is 6.18 Å². The first-order valence-corrected chi connectivity index (χ1v) is 10.1. The number of hydrogen-bond donors (Lipinski definition) is 2. The summed E-state index contributed by atoms with van der Waals surface area (Å²) < 4.78 is 44.5. The normalized spacial score (nSPS) is 15.0. The third kappa shape index (κ3) is 3.62. The summed E-state index contributed by atoms with van der Waals surface area (Å²) in [6.45, 7) is 2.12. The number of hydrogen-bond acceptors (Lipinski definition) is 4. The first-order valence-electron chi connectivity index (χ1n) is 10.1. The van der Waals surface area contributed by atoms with Gasteiger partial charge < -0.3 is 14.4 Å². The number of rotatable bonds is 3. The summed E-state index contributed by atoms with van der Waals surface area (Å²) in [7, 11) is 0. The Kier molecular flexibility index (Phi) is 4.64. The van der Waals surface area contributed by atoms with Crippen molar-refractivity contribution in [1.29, 1.82) is 0 Å². The Morgan fingerprint density at radius 2 is 1.71 bits per heavy atom. The molecule has 1 aliphatic heterocycles. The second-order valence-corrected chi connectivity index (χ2v) is 7.74. The lowest BCUT2D eigenvalue weighted by atomic mass is 10.1. The first kappa shape index (κ1) is 19.5. The van der Waals surface area contributed by atoms with Crippen LogP contribution in [0.3, 0.4) is 0 Å². The number of halogens is 3. The van der Waals surface area contributed by atoms with E-state index in [1.54, 1.807) is 12.1 Å². The van der Waals surface area contributed by atoms with Crippen LogP contribution in [0.1, 0.15) is 25.0 Å². The van der Waals surface area contributed by atoms with Gasteiger partial charge in [0.1, 0.15) is 22.8 Å². The van der Waals surface area contributed by atoms with Gasteiger partial charge in [-0.3, -0.25) is 5.10 Å². The van der Waals surface area contributed by atoms with E-state index in [1.165, 1.54) is 31.0 Å². The number of fused-ring (bicyclic) bond motifs is 1. The molecule has 2 N–H and O–H groups in total. The molecule has 31 heavy (non-hydrogen) atoms. The maximum atomic E-state index is 12.9. The number of furan rings is 1. The van der Waals surface area contributed by atoms with E-state index < -0.39 is 11.9 Å². The smallest absolute Gasteiger partial charge is 0.432 e. The van der Waals surface area contributed by atoms with Crippen LogP contribution in [0, 0.1) is 0 Å². The second-order valence-electron chi connectivity index (χ2n) is 7.74. The number of alkyl halides is 3. The monoisotopic (exact) mass is 427 g/mol. The second kappa shape index (κ2) is 7.37. The van der Waals surface area contributed by atoms with Gasteiger partial charge in [-0.15, -0.1) is 0 Å². The number of nitrogens with one attached hydrogen (secondary N) is 1. The zero-order valence-electron chi connectivity index (χ0n) is 16.5. The Balaban J connectivity index is 1.46. The lowest BCUT2D eigenvalue weighted by Gasteiger charge is -2.28. The number of H-pyrrole nitrogens is 1. The van der Waals surface area contributed by atoms with Crippen LogP contribution in [0.25, 0.3) is 33.6 Å². The summed E-state index contributed by atoms with van der Waals surface area (Å²) in [4.78, 5) is 2.36. The molecule has 0 atom stereocenters. The lowest BCUT2D eigenvalue weighted by molar-refractivity contribution is -0.141. The van der Waals surface area contributed by atoms with E-state index in [4.69, 9.17) is 4.42 Å². The summed E-state index contributed by atoms with van der Waals surface area (Å²) in [6, 6.07) is 13.8.